The molecule has 0 saturated heterocycles. The third kappa shape index (κ3) is 3.70. The Hall–Kier alpha value is -0.510. The van der Waals surface area contributed by atoms with E-state index in [1.54, 1.807) is 18.9 Å². The molecule has 0 spiro atoms. The third-order valence-electron chi connectivity index (χ3n) is 1.96. The average Bonchev–Trinajstić information content (AvgIpc) is 2.19. The number of hydrogen-bond donors (Lipinski definition) is 1. The van der Waals surface area contributed by atoms with Crippen LogP contribution in [0.4, 0.5) is 0 Å². The molecule has 1 aromatic carbocycles. The minimum Gasteiger partial charge on any atom is -0.384 e. The minimum absolute atomic E-state index is 0.119. The molecule has 0 fully saturated rings. The van der Waals surface area contributed by atoms with Crippen LogP contribution in [0, 0.1) is 0 Å². The number of methoxy groups -OCH3 is 1. The van der Waals surface area contributed by atoms with E-state index in [1.807, 2.05) is 6.92 Å². The molecule has 1 atom stereocenters. The van der Waals surface area contributed by atoms with Gasteiger partial charge < -0.3 is 10.5 Å². The standard InChI is InChI=1S/C11H17NOS/c1-9(12)10-3-5-11(6-4-10)14-8-7-13-2/h3-6,9H,7-8,12H2,1-2H3. The van der Waals surface area contributed by atoms with Gasteiger partial charge in [-0.1, -0.05) is 12.1 Å². The second-order valence-electron chi connectivity index (χ2n) is 3.20. The summed E-state index contributed by atoms with van der Waals surface area (Å²) in [7, 11) is 1.72. The van der Waals surface area contributed by atoms with Gasteiger partial charge in [0.2, 0.25) is 0 Å². The molecular formula is C11H17NOS. The van der Waals surface area contributed by atoms with Gasteiger partial charge in [-0.05, 0) is 24.6 Å². The number of thioether (sulfide) groups is 1. The SMILES string of the molecule is COCCSc1ccc(C(C)N)cc1. The first-order valence-corrected chi connectivity index (χ1v) is 5.70. The molecule has 0 saturated carbocycles. The second-order valence-corrected chi connectivity index (χ2v) is 4.37. The number of nitrogens with two attached hydrogens (primary N) is 1. The van der Waals surface area contributed by atoms with Crippen LogP contribution in [0.5, 0.6) is 0 Å². The summed E-state index contributed by atoms with van der Waals surface area (Å²) < 4.78 is 4.98. The lowest BCUT2D eigenvalue weighted by Crippen LogP contribution is -2.04. The first-order chi connectivity index (χ1) is 6.74. The van der Waals surface area contributed by atoms with Crippen LogP contribution in [0.15, 0.2) is 29.2 Å². The smallest absolute Gasteiger partial charge is 0.0556 e. The Labute approximate surface area is 89.8 Å². The molecule has 0 bridgehead atoms. The molecule has 2 N–H and O–H groups in total. The summed E-state index contributed by atoms with van der Waals surface area (Å²) in [5, 5.41) is 0. The molecule has 0 aliphatic rings. The lowest BCUT2D eigenvalue weighted by molar-refractivity contribution is 0.218. The largest absolute Gasteiger partial charge is 0.384 e. The number of ether oxygens (including phenoxy) is 1. The summed E-state index contributed by atoms with van der Waals surface area (Å²) in [5.41, 5.74) is 6.94. The van der Waals surface area contributed by atoms with Crippen LogP contribution in [-0.4, -0.2) is 19.5 Å². The van der Waals surface area contributed by atoms with Gasteiger partial charge in [0.15, 0.2) is 0 Å². The van der Waals surface area contributed by atoms with Crippen molar-refractivity contribution in [2.75, 3.05) is 19.5 Å². The van der Waals surface area contributed by atoms with Gasteiger partial charge in [-0.25, -0.2) is 0 Å². The zero-order valence-corrected chi connectivity index (χ0v) is 9.51. The zero-order chi connectivity index (χ0) is 10.4. The maximum Gasteiger partial charge on any atom is 0.0556 e. The molecule has 0 radical (unpaired) electrons. The first-order valence-electron chi connectivity index (χ1n) is 4.71. The summed E-state index contributed by atoms with van der Waals surface area (Å²) >= 11 is 1.80. The van der Waals surface area contributed by atoms with E-state index in [4.69, 9.17) is 10.5 Å². The maximum absolute atomic E-state index is 5.76. The van der Waals surface area contributed by atoms with Crippen molar-refractivity contribution in [2.24, 2.45) is 5.73 Å². The predicted molar refractivity (Wildman–Crippen MR) is 61.6 cm³/mol. The molecule has 2 nitrogen and oxygen atoms in total. The van der Waals surface area contributed by atoms with Gasteiger partial charge >= 0.3 is 0 Å². The highest BCUT2D eigenvalue weighted by atomic mass is 32.2. The average molecular weight is 211 g/mol. The lowest BCUT2D eigenvalue weighted by atomic mass is 10.1. The second kappa shape index (κ2) is 6.06. The summed E-state index contributed by atoms with van der Waals surface area (Å²) in [5.74, 6) is 0.994. The van der Waals surface area contributed by atoms with Crippen LogP contribution >= 0.6 is 11.8 Å². The van der Waals surface area contributed by atoms with E-state index >= 15 is 0 Å². The summed E-state index contributed by atoms with van der Waals surface area (Å²) in [6.07, 6.45) is 0. The highest BCUT2D eigenvalue weighted by molar-refractivity contribution is 7.99. The summed E-state index contributed by atoms with van der Waals surface area (Å²) in [6, 6.07) is 8.51. The molecule has 0 heterocycles. The molecule has 0 amide bonds. The fraction of sp³-hybridized carbons (Fsp3) is 0.455. The fourth-order valence-corrected chi connectivity index (χ4v) is 1.92. The van der Waals surface area contributed by atoms with E-state index in [0.717, 1.165) is 12.4 Å². The van der Waals surface area contributed by atoms with Crippen molar-refractivity contribution >= 4 is 11.8 Å². The van der Waals surface area contributed by atoms with Crippen molar-refractivity contribution in [1.29, 1.82) is 0 Å². The molecule has 0 aliphatic carbocycles. The van der Waals surface area contributed by atoms with E-state index in [9.17, 15) is 0 Å². The Morgan fingerprint density at radius 2 is 2.00 bits per heavy atom. The molecule has 14 heavy (non-hydrogen) atoms. The molecule has 78 valence electrons. The molecule has 0 aromatic heterocycles. The van der Waals surface area contributed by atoms with Crippen molar-refractivity contribution in [2.45, 2.75) is 17.9 Å². The minimum atomic E-state index is 0.119. The van der Waals surface area contributed by atoms with Gasteiger partial charge in [-0.15, -0.1) is 11.8 Å². The molecule has 1 aromatic rings. The van der Waals surface area contributed by atoms with E-state index in [1.165, 1.54) is 10.5 Å². The Bertz CT molecular complexity index is 258. The normalized spacial score (nSPS) is 12.8. The molecular weight excluding hydrogens is 194 g/mol. The van der Waals surface area contributed by atoms with Crippen LogP contribution in [0.1, 0.15) is 18.5 Å². The van der Waals surface area contributed by atoms with Crippen molar-refractivity contribution < 1.29 is 4.74 Å². The summed E-state index contributed by atoms with van der Waals surface area (Å²) in [6.45, 7) is 2.78. The van der Waals surface area contributed by atoms with Crippen molar-refractivity contribution in [3.63, 3.8) is 0 Å². The van der Waals surface area contributed by atoms with Crippen LogP contribution in [0.2, 0.25) is 0 Å². The van der Waals surface area contributed by atoms with Crippen molar-refractivity contribution in [1.82, 2.24) is 0 Å². The monoisotopic (exact) mass is 211 g/mol. The number of rotatable bonds is 5. The topological polar surface area (TPSA) is 35.2 Å². The van der Waals surface area contributed by atoms with Crippen LogP contribution in [0.25, 0.3) is 0 Å². The third-order valence-corrected chi connectivity index (χ3v) is 2.94. The Morgan fingerprint density at radius 3 is 2.50 bits per heavy atom. The maximum atomic E-state index is 5.76. The Balaban J connectivity index is 2.47. The number of benzene rings is 1. The van der Waals surface area contributed by atoms with Gasteiger partial charge in [0.25, 0.3) is 0 Å². The highest BCUT2D eigenvalue weighted by Gasteiger charge is 1.98. The Morgan fingerprint density at radius 1 is 1.36 bits per heavy atom. The van der Waals surface area contributed by atoms with Crippen LogP contribution in [-0.2, 0) is 4.74 Å². The molecule has 1 rings (SSSR count). The van der Waals surface area contributed by atoms with Crippen LogP contribution < -0.4 is 5.73 Å². The van der Waals surface area contributed by atoms with E-state index in [0.29, 0.717) is 0 Å². The molecule has 1 unspecified atom stereocenters. The van der Waals surface area contributed by atoms with Crippen molar-refractivity contribution in [3.8, 4) is 0 Å². The van der Waals surface area contributed by atoms with Crippen molar-refractivity contribution in [3.05, 3.63) is 29.8 Å². The Kier molecular flexibility index (Phi) is 5.01. The highest BCUT2D eigenvalue weighted by Crippen LogP contribution is 2.19. The van der Waals surface area contributed by atoms with Gasteiger partial charge in [0.05, 0.1) is 6.61 Å². The molecule has 0 aliphatic heterocycles. The fourth-order valence-electron chi connectivity index (χ4n) is 1.11. The van der Waals surface area contributed by atoms with E-state index in [2.05, 4.69) is 24.3 Å². The lowest BCUT2D eigenvalue weighted by Gasteiger charge is -2.06. The van der Waals surface area contributed by atoms with Gasteiger partial charge in [-0.2, -0.15) is 0 Å². The van der Waals surface area contributed by atoms with E-state index in [-0.39, 0.29) is 6.04 Å². The van der Waals surface area contributed by atoms with Gasteiger partial charge in [-0.3, -0.25) is 0 Å². The van der Waals surface area contributed by atoms with Crippen LogP contribution in [0.3, 0.4) is 0 Å². The predicted octanol–water partition coefficient (Wildman–Crippen LogP) is 2.44. The first kappa shape index (κ1) is 11.6. The summed E-state index contributed by atoms with van der Waals surface area (Å²) in [4.78, 5) is 1.27. The molecule has 3 heteroatoms. The quantitative estimate of drug-likeness (QED) is 0.600. The number of hydrogen-bond acceptors (Lipinski definition) is 3. The van der Waals surface area contributed by atoms with Gasteiger partial charge in [0, 0.05) is 23.8 Å². The van der Waals surface area contributed by atoms with E-state index < -0.39 is 0 Å². The zero-order valence-electron chi connectivity index (χ0n) is 8.69. The van der Waals surface area contributed by atoms with Gasteiger partial charge in [0.1, 0.15) is 0 Å².